The molecule has 0 spiro atoms. The van der Waals surface area contributed by atoms with E-state index in [1.165, 1.54) is 67.3 Å². The van der Waals surface area contributed by atoms with E-state index in [1.807, 2.05) is 11.3 Å². The first-order valence-electron chi connectivity index (χ1n) is 9.71. The van der Waals surface area contributed by atoms with Gasteiger partial charge in [-0.15, -0.1) is 11.3 Å². The van der Waals surface area contributed by atoms with E-state index in [9.17, 15) is 0 Å². The number of thiophene rings is 1. The third kappa shape index (κ3) is 2.48. The Labute approximate surface area is 154 Å². The summed E-state index contributed by atoms with van der Waals surface area (Å²) in [4.78, 5) is 3.38. The smallest absolute Gasteiger partial charge is 0.129 e. The van der Waals surface area contributed by atoms with Gasteiger partial charge < -0.3 is 9.47 Å². The predicted octanol–water partition coefficient (Wildman–Crippen LogP) is 4.19. The number of benzene rings is 1. The molecular formula is C22H27N2S+. The molecule has 3 heterocycles. The molecule has 3 heteroatoms. The van der Waals surface area contributed by atoms with Crippen molar-refractivity contribution < 1.29 is 4.90 Å². The zero-order valence-electron chi connectivity index (χ0n) is 15.3. The van der Waals surface area contributed by atoms with Crippen molar-refractivity contribution in [3.05, 3.63) is 56.9 Å². The molecule has 2 atom stereocenters. The summed E-state index contributed by atoms with van der Waals surface area (Å²) < 4.78 is 2.68. The Hall–Kier alpha value is -1.58. The Morgan fingerprint density at radius 1 is 1.20 bits per heavy atom. The summed E-state index contributed by atoms with van der Waals surface area (Å²) in [7, 11) is 0. The van der Waals surface area contributed by atoms with Crippen LogP contribution in [0.2, 0.25) is 0 Å². The Balaban J connectivity index is 1.63. The minimum absolute atomic E-state index is 0.681. The molecule has 130 valence electrons. The molecule has 1 unspecified atom stereocenters. The molecule has 0 radical (unpaired) electrons. The highest BCUT2D eigenvalue weighted by Crippen LogP contribution is 2.37. The van der Waals surface area contributed by atoms with Gasteiger partial charge in [0.2, 0.25) is 0 Å². The second-order valence-corrected chi connectivity index (χ2v) is 8.95. The molecule has 1 aliphatic heterocycles. The molecular weight excluding hydrogens is 324 g/mol. The Kier molecular flexibility index (Phi) is 3.76. The van der Waals surface area contributed by atoms with Crippen LogP contribution in [0, 0.1) is 13.8 Å². The summed E-state index contributed by atoms with van der Waals surface area (Å²) in [5, 5.41) is 3.79. The van der Waals surface area contributed by atoms with Crippen molar-refractivity contribution in [1.82, 2.24) is 4.57 Å². The van der Waals surface area contributed by atoms with Crippen LogP contribution in [0.1, 0.15) is 52.6 Å². The number of aryl methyl sites for hydroxylation is 4. The third-order valence-electron chi connectivity index (χ3n) is 6.35. The van der Waals surface area contributed by atoms with Gasteiger partial charge in [-0.1, -0.05) is 11.6 Å². The number of nitrogens with zero attached hydrogens (tertiary/aromatic N) is 1. The summed E-state index contributed by atoms with van der Waals surface area (Å²) in [6, 6.07) is 10.0. The molecule has 3 aromatic rings. The Morgan fingerprint density at radius 3 is 2.96 bits per heavy atom. The first kappa shape index (κ1) is 15.7. The second-order valence-electron chi connectivity index (χ2n) is 7.95. The van der Waals surface area contributed by atoms with Crippen molar-refractivity contribution in [3.8, 4) is 0 Å². The number of aromatic nitrogens is 1. The van der Waals surface area contributed by atoms with Gasteiger partial charge in [0.15, 0.2) is 0 Å². The first-order valence-corrected chi connectivity index (χ1v) is 10.6. The summed E-state index contributed by atoms with van der Waals surface area (Å²) >= 11 is 1.95. The molecule has 0 saturated heterocycles. The lowest BCUT2D eigenvalue weighted by atomic mass is 9.90. The summed E-state index contributed by atoms with van der Waals surface area (Å²) in [5.41, 5.74) is 7.70. The van der Waals surface area contributed by atoms with Crippen LogP contribution >= 0.6 is 11.3 Å². The summed E-state index contributed by atoms with van der Waals surface area (Å²) in [6.45, 7) is 8.20. The average molecular weight is 352 g/mol. The van der Waals surface area contributed by atoms with Crippen LogP contribution in [-0.4, -0.2) is 11.1 Å². The lowest BCUT2D eigenvalue weighted by molar-refractivity contribution is -0.945. The van der Waals surface area contributed by atoms with Crippen molar-refractivity contribution in [2.45, 2.75) is 58.7 Å². The highest BCUT2D eigenvalue weighted by atomic mass is 32.1. The van der Waals surface area contributed by atoms with Gasteiger partial charge in [-0.3, -0.25) is 0 Å². The van der Waals surface area contributed by atoms with Gasteiger partial charge in [-0.25, -0.2) is 0 Å². The van der Waals surface area contributed by atoms with E-state index in [4.69, 9.17) is 0 Å². The highest BCUT2D eigenvalue weighted by molar-refractivity contribution is 7.10. The van der Waals surface area contributed by atoms with Gasteiger partial charge in [0.1, 0.15) is 12.6 Å². The molecule has 0 amide bonds. The number of nitrogens with one attached hydrogen (secondary N) is 1. The van der Waals surface area contributed by atoms with Crippen LogP contribution in [0.15, 0.2) is 29.6 Å². The average Bonchev–Trinajstić information content (AvgIpc) is 3.08. The molecule has 25 heavy (non-hydrogen) atoms. The van der Waals surface area contributed by atoms with Crippen LogP contribution < -0.4 is 4.90 Å². The van der Waals surface area contributed by atoms with Gasteiger partial charge in [-0.05, 0) is 61.4 Å². The van der Waals surface area contributed by atoms with E-state index in [0.29, 0.717) is 6.04 Å². The highest BCUT2D eigenvalue weighted by Gasteiger charge is 2.36. The van der Waals surface area contributed by atoms with E-state index >= 15 is 0 Å². The molecule has 2 aliphatic rings. The van der Waals surface area contributed by atoms with Crippen LogP contribution in [0.3, 0.4) is 0 Å². The van der Waals surface area contributed by atoms with Crippen molar-refractivity contribution in [2.75, 3.05) is 6.54 Å². The maximum atomic E-state index is 2.68. The van der Waals surface area contributed by atoms with E-state index in [1.54, 1.807) is 21.0 Å². The first-order chi connectivity index (χ1) is 12.2. The molecule has 0 fully saturated rings. The lowest BCUT2D eigenvalue weighted by Gasteiger charge is -2.30. The van der Waals surface area contributed by atoms with Crippen LogP contribution in [0.5, 0.6) is 0 Å². The lowest BCUT2D eigenvalue weighted by Crippen LogP contribution is -3.11. The summed E-state index contributed by atoms with van der Waals surface area (Å²) in [6.07, 6.45) is 5.25. The molecule has 1 aliphatic carbocycles. The van der Waals surface area contributed by atoms with Gasteiger partial charge in [-0.2, -0.15) is 0 Å². The molecule has 5 rings (SSSR count). The number of hydrogen-bond donors (Lipinski definition) is 1. The quantitative estimate of drug-likeness (QED) is 0.709. The van der Waals surface area contributed by atoms with Crippen molar-refractivity contribution in [2.24, 2.45) is 0 Å². The largest absolute Gasteiger partial charge is 0.339 e. The molecule has 0 bridgehead atoms. The zero-order chi connectivity index (χ0) is 17.0. The molecule has 1 N–H and O–H groups in total. The molecule has 2 nitrogen and oxygen atoms in total. The fraction of sp³-hybridized carbons (Fsp3) is 0.455. The standard InChI is InChI=1S/C22H26N2S/c1-15-7-8-19-18(13-15)17-5-3-6-20-22(17)24(19)11-4-10-23(20)14-21-16(2)9-12-25-21/h7-9,12-13,20H,3-6,10-11,14H2,1-2H3/p+1/t20-/m1/s1. The van der Waals surface area contributed by atoms with E-state index in [-0.39, 0.29) is 0 Å². The van der Waals surface area contributed by atoms with Gasteiger partial charge >= 0.3 is 0 Å². The van der Waals surface area contributed by atoms with Crippen LogP contribution in [0.4, 0.5) is 0 Å². The van der Waals surface area contributed by atoms with Crippen LogP contribution in [0.25, 0.3) is 10.9 Å². The Morgan fingerprint density at radius 2 is 2.12 bits per heavy atom. The fourth-order valence-corrected chi connectivity index (χ4v) is 6.08. The zero-order valence-corrected chi connectivity index (χ0v) is 16.1. The van der Waals surface area contributed by atoms with E-state index in [2.05, 4.69) is 48.1 Å². The third-order valence-corrected chi connectivity index (χ3v) is 7.37. The minimum Gasteiger partial charge on any atom is -0.339 e. The number of fused-ring (bicyclic) bond motifs is 3. The summed E-state index contributed by atoms with van der Waals surface area (Å²) in [5.74, 6) is 0. The number of hydrogen-bond acceptors (Lipinski definition) is 1. The molecule has 0 saturated carbocycles. The normalized spacial score (nSPS) is 22.8. The maximum Gasteiger partial charge on any atom is 0.129 e. The van der Waals surface area contributed by atoms with Crippen LogP contribution in [-0.2, 0) is 19.5 Å². The fourth-order valence-electron chi connectivity index (χ4n) is 5.12. The maximum absolute atomic E-state index is 2.68. The molecule has 1 aromatic carbocycles. The second kappa shape index (κ2) is 6.00. The van der Waals surface area contributed by atoms with Gasteiger partial charge in [0.05, 0.1) is 17.1 Å². The van der Waals surface area contributed by atoms with Gasteiger partial charge in [0, 0.05) is 30.3 Å². The minimum atomic E-state index is 0.681. The molecule has 2 aromatic heterocycles. The van der Waals surface area contributed by atoms with Crippen molar-refractivity contribution in [3.63, 3.8) is 0 Å². The SMILES string of the molecule is Cc1ccc2c(c1)c1c3n2CCC[NH+](Cc2sccc2C)[C@@H]3CCC1. The Bertz CT molecular complexity index is 929. The van der Waals surface area contributed by atoms with Gasteiger partial charge in [0.25, 0.3) is 0 Å². The van der Waals surface area contributed by atoms with E-state index < -0.39 is 0 Å². The topological polar surface area (TPSA) is 9.37 Å². The predicted molar refractivity (Wildman–Crippen MR) is 106 cm³/mol. The van der Waals surface area contributed by atoms with Crippen molar-refractivity contribution in [1.29, 1.82) is 0 Å². The monoisotopic (exact) mass is 351 g/mol. The van der Waals surface area contributed by atoms with E-state index in [0.717, 1.165) is 0 Å². The van der Waals surface area contributed by atoms with Crippen molar-refractivity contribution >= 4 is 22.2 Å². The number of rotatable bonds is 2. The number of quaternary nitrogens is 1.